The summed E-state index contributed by atoms with van der Waals surface area (Å²) in [7, 11) is 4.10. The van der Waals surface area contributed by atoms with Crippen LogP contribution in [0.25, 0.3) is 0 Å². The van der Waals surface area contributed by atoms with Crippen molar-refractivity contribution in [3.8, 4) is 11.5 Å². The van der Waals surface area contributed by atoms with Crippen LogP contribution in [0.3, 0.4) is 0 Å². The number of nitrogens with zero attached hydrogens (tertiary/aromatic N) is 3. The molecule has 1 saturated heterocycles. The number of unbranched alkanes of at least 4 members (excludes halogenated alkanes) is 1. The number of hydrogen-bond acceptors (Lipinski definition) is 6. The van der Waals surface area contributed by atoms with Gasteiger partial charge < -0.3 is 24.4 Å². The lowest BCUT2D eigenvalue weighted by Gasteiger charge is -2.31. The molecule has 2 aliphatic heterocycles. The number of likely N-dealkylation sites (tertiary alicyclic amines) is 1. The minimum Gasteiger partial charge on any atom is -0.481 e. The van der Waals surface area contributed by atoms with Gasteiger partial charge in [0, 0.05) is 31.6 Å². The zero-order chi connectivity index (χ0) is 26.9. The normalized spacial score (nSPS) is 21.9. The second kappa shape index (κ2) is 14.0. The average molecular weight is 518 g/mol. The Morgan fingerprint density at radius 1 is 1.08 bits per heavy atom. The molecule has 8 heteroatoms. The first-order valence-corrected chi connectivity index (χ1v) is 14.0. The number of carboxylic acids is 1. The van der Waals surface area contributed by atoms with Crippen LogP contribution in [-0.2, 0) is 9.59 Å². The number of benzene rings is 1. The second-order valence-electron chi connectivity index (χ2n) is 11.1. The van der Waals surface area contributed by atoms with Crippen LogP contribution in [0.15, 0.2) is 18.2 Å². The summed E-state index contributed by atoms with van der Waals surface area (Å²) in [6, 6.07) is 5.57. The Labute approximate surface area is 222 Å². The zero-order valence-electron chi connectivity index (χ0n) is 23.4. The molecule has 0 aliphatic carbocycles. The van der Waals surface area contributed by atoms with Crippen molar-refractivity contribution in [2.45, 2.75) is 71.3 Å². The molecule has 0 saturated carbocycles. The van der Waals surface area contributed by atoms with E-state index in [0.717, 1.165) is 63.7 Å². The van der Waals surface area contributed by atoms with Gasteiger partial charge in [-0.3, -0.25) is 14.5 Å². The highest BCUT2D eigenvalue weighted by atomic mass is 16.7. The molecular weight excluding hydrogens is 470 g/mol. The van der Waals surface area contributed by atoms with Crippen LogP contribution in [0.5, 0.6) is 11.5 Å². The summed E-state index contributed by atoms with van der Waals surface area (Å²) in [6.45, 7) is 9.92. The predicted octanol–water partition coefficient (Wildman–Crippen LogP) is 4.29. The Kier molecular flexibility index (Phi) is 11.1. The van der Waals surface area contributed by atoms with E-state index >= 15 is 0 Å². The summed E-state index contributed by atoms with van der Waals surface area (Å²) in [5.41, 5.74) is 0.938. The van der Waals surface area contributed by atoms with E-state index < -0.39 is 11.9 Å². The predicted molar refractivity (Wildman–Crippen MR) is 145 cm³/mol. The fourth-order valence-electron chi connectivity index (χ4n) is 5.85. The van der Waals surface area contributed by atoms with Crippen LogP contribution in [0.2, 0.25) is 0 Å². The smallest absolute Gasteiger partial charge is 0.308 e. The third-order valence-electron chi connectivity index (χ3n) is 7.79. The van der Waals surface area contributed by atoms with Gasteiger partial charge in [0.05, 0.1) is 12.5 Å². The summed E-state index contributed by atoms with van der Waals surface area (Å²) in [6.07, 6.45) is 5.82. The number of aliphatic carboxylic acids is 1. The van der Waals surface area contributed by atoms with Crippen molar-refractivity contribution < 1.29 is 24.2 Å². The summed E-state index contributed by atoms with van der Waals surface area (Å²) in [5, 5.41) is 10.4. The van der Waals surface area contributed by atoms with E-state index in [2.05, 4.69) is 30.6 Å². The van der Waals surface area contributed by atoms with Crippen molar-refractivity contribution >= 4 is 11.9 Å². The number of rotatable bonds is 15. The van der Waals surface area contributed by atoms with E-state index in [4.69, 9.17) is 9.47 Å². The summed E-state index contributed by atoms with van der Waals surface area (Å²) in [4.78, 5) is 32.6. The largest absolute Gasteiger partial charge is 0.481 e. The first kappa shape index (κ1) is 29.2. The molecule has 3 rings (SSSR count). The van der Waals surface area contributed by atoms with E-state index in [1.54, 1.807) is 0 Å². The van der Waals surface area contributed by atoms with Crippen LogP contribution in [0.1, 0.15) is 70.8 Å². The molecule has 1 aromatic carbocycles. The van der Waals surface area contributed by atoms with Crippen molar-refractivity contribution in [3.05, 3.63) is 23.8 Å². The second-order valence-corrected chi connectivity index (χ2v) is 11.1. The van der Waals surface area contributed by atoms with Crippen LogP contribution in [-0.4, -0.2) is 91.3 Å². The highest BCUT2D eigenvalue weighted by Gasteiger charge is 2.47. The van der Waals surface area contributed by atoms with Crippen molar-refractivity contribution in [2.24, 2.45) is 11.8 Å². The van der Waals surface area contributed by atoms with Gasteiger partial charge in [-0.2, -0.15) is 0 Å². The van der Waals surface area contributed by atoms with Gasteiger partial charge in [-0.15, -0.1) is 0 Å². The van der Waals surface area contributed by atoms with Gasteiger partial charge in [-0.05, 0) is 63.5 Å². The van der Waals surface area contributed by atoms with Crippen molar-refractivity contribution in [1.29, 1.82) is 0 Å². The molecule has 8 nitrogen and oxygen atoms in total. The molecule has 4 unspecified atom stereocenters. The molecule has 1 aromatic rings. The van der Waals surface area contributed by atoms with Gasteiger partial charge in [0.1, 0.15) is 0 Å². The Morgan fingerprint density at radius 3 is 2.49 bits per heavy atom. The van der Waals surface area contributed by atoms with E-state index in [1.807, 2.05) is 37.2 Å². The highest BCUT2D eigenvalue weighted by Crippen LogP contribution is 2.43. The number of carboxylic acid groups (broad SMARTS) is 1. The number of carbonyl (C=O) groups is 2. The Morgan fingerprint density at radius 2 is 1.81 bits per heavy atom. The minimum absolute atomic E-state index is 0.107. The molecule has 1 fully saturated rings. The number of hydrogen-bond donors (Lipinski definition) is 1. The molecular formula is C29H47N3O5. The third kappa shape index (κ3) is 7.84. The van der Waals surface area contributed by atoms with E-state index in [-0.39, 0.29) is 31.2 Å². The SMILES string of the molecule is CCCCN(CCCN(C)C)C(=O)CN1CC(c2ccc3c(c2)OCO3)C(C(=O)O)C1CC(C)CCC. The van der Waals surface area contributed by atoms with Crippen LogP contribution >= 0.6 is 0 Å². The molecule has 1 amide bonds. The van der Waals surface area contributed by atoms with Gasteiger partial charge >= 0.3 is 5.97 Å². The molecule has 0 spiro atoms. The molecule has 2 aliphatic rings. The lowest BCUT2D eigenvalue weighted by molar-refractivity contribution is -0.144. The van der Waals surface area contributed by atoms with Crippen molar-refractivity contribution in [1.82, 2.24) is 14.7 Å². The maximum Gasteiger partial charge on any atom is 0.308 e. The van der Waals surface area contributed by atoms with Crippen LogP contribution in [0, 0.1) is 11.8 Å². The number of amides is 1. The Balaban J connectivity index is 1.84. The first-order valence-electron chi connectivity index (χ1n) is 14.0. The molecule has 37 heavy (non-hydrogen) atoms. The van der Waals surface area contributed by atoms with Crippen molar-refractivity contribution in [2.75, 3.05) is 53.6 Å². The summed E-state index contributed by atoms with van der Waals surface area (Å²) in [5.74, 6) is 0.274. The van der Waals surface area contributed by atoms with E-state index in [0.29, 0.717) is 24.0 Å². The average Bonchev–Trinajstić information content (AvgIpc) is 3.45. The van der Waals surface area contributed by atoms with Crippen LogP contribution in [0.4, 0.5) is 0 Å². The quantitative estimate of drug-likeness (QED) is 0.372. The maximum atomic E-state index is 13.6. The monoisotopic (exact) mass is 517 g/mol. The Bertz CT molecular complexity index is 892. The topological polar surface area (TPSA) is 82.5 Å². The highest BCUT2D eigenvalue weighted by molar-refractivity contribution is 5.79. The molecule has 2 heterocycles. The summed E-state index contributed by atoms with van der Waals surface area (Å²) < 4.78 is 11.1. The molecule has 0 bridgehead atoms. The fraction of sp³-hybridized carbons (Fsp3) is 0.724. The third-order valence-corrected chi connectivity index (χ3v) is 7.79. The van der Waals surface area contributed by atoms with E-state index in [1.165, 1.54) is 0 Å². The van der Waals surface area contributed by atoms with Crippen LogP contribution < -0.4 is 9.47 Å². The standard InChI is InChI=1S/C29H47N3O5/c1-6-8-14-31(15-9-13-30(4)5)27(33)19-32-18-23(22-11-12-25-26(17-22)37-20-36-25)28(29(34)35)24(32)16-21(3)10-7-2/h11-12,17,21,23-24,28H,6-10,13-16,18-20H2,1-5H3,(H,34,35). The minimum atomic E-state index is -0.792. The van der Waals surface area contributed by atoms with E-state index in [9.17, 15) is 14.7 Å². The lowest BCUT2D eigenvalue weighted by atomic mass is 9.81. The molecule has 208 valence electrons. The number of fused-ring (bicyclic) bond motifs is 1. The van der Waals surface area contributed by atoms with Gasteiger partial charge in [-0.1, -0.05) is 46.1 Å². The lowest BCUT2D eigenvalue weighted by Crippen LogP contribution is -2.45. The van der Waals surface area contributed by atoms with Gasteiger partial charge in [0.25, 0.3) is 0 Å². The molecule has 1 N–H and O–H groups in total. The summed E-state index contributed by atoms with van der Waals surface area (Å²) >= 11 is 0. The zero-order valence-corrected chi connectivity index (χ0v) is 23.4. The van der Waals surface area contributed by atoms with Gasteiger partial charge in [-0.25, -0.2) is 0 Å². The van der Waals surface area contributed by atoms with Gasteiger partial charge in [0.2, 0.25) is 12.7 Å². The maximum absolute atomic E-state index is 13.6. The number of ether oxygens (including phenoxy) is 2. The fourth-order valence-corrected chi connectivity index (χ4v) is 5.85. The first-order chi connectivity index (χ1) is 17.7. The van der Waals surface area contributed by atoms with Gasteiger partial charge in [0.15, 0.2) is 11.5 Å². The van der Waals surface area contributed by atoms with Crippen molar-refractivity contribution in [3.63, 3.8) is 0 Å². The molecule has 0 aromatic heterocycles. The number of carbonyl (C=O) groups excluding carboxylic acids is 1. The molecule has 0 radical (unpaired) electrons. The Hall–Kier alpha value is -2.32. The molecule has 4 atom stereocenters.